The van der Waals surface area contributed by atoms with Gasteiger partial charge in [0.05, 0.1) is 18.7 Å². The summed E-state index contributed by atoms with van der Waals surface area (Å²) in [5.41, 5.74) is 4.35. The SMILES string of the molecule is COc1ccc2nccc(C(O)CC[C@@H]3CCN(CCCCc4ccc(C)cc4)C[C@@H]3CC(=O)O)c2c1. The van der Waals surface area contributed by atoms with Crippen molar-refractivity contribution in [2.45, 2.75) is 58.0 Å². The molecular weight excluding hydrogens is 464 g/mol. The van der Waals surface area contributed by atoms with Crippen molar-refractivity contribution in [1.29, 1.82) is 0 Å². The van der Waals surface area contributed by atoms with E-state index in [0.717, 1.165) is 74.0 Å². The number of aromatic nitrogens is 1. The number of aryl methyl sites for hydroxylation is 2. The van der Waals surface area contributed by atoms with Crippen molar-refractivity contribution in [2.24, 2.45) is 11.8 Å². The van der Waals surface area contributed by atoms with E-state index in [2.05, 4.69) is 41.1 Å². The average molecular weight is 505 g/mol. The smallest absolute Gasteiger partial charge is 0.303 e. The number of aliphatic carboxylic acids is 1. The number of carboxylic acids is 1. The molecule has 6 heteroatoms. The Morgan fingerprint density at radius 3 is 2.70 bits per heavy atom. The number of rotatable bonds is 12. The number of ether oxygens (including phenoxy) is 1. The van der Waals surface area contributed by atoms with Crippen LogP contribution in [0, 0.1) is 18.8 Å². The van der Waals surface area contributed by atoms with Gasteiger partial charge in [0, 0.05) is 24.5 Å². The van der Waals surface area contributed by atoms with Gasteiger partial charge in [-0.2, -0.15) is 0 Å². The van der Waals surface area contributed by atoms with Crippen molar-refractivity contribution < 1.29 is 19.7 Å². The quantitative estimate of drug-likeness (QED) is 0.303. The minimum atomic E-state index is -0.732. The van der Waals surface area contributed by atoms with Crippen LogP contribution in [0.2, 0.25) is 0 Å². The minimum Gasteiger partial charge on any atom is -0.497 e. The molecule has 0 bridgehead atoms. The Morgan fingerprint density at radius 2 is 1.95 bits per heavy atom. The molecule has 0 aliphatic carbocycles. The zero-order chi connectivity index (χ0) is 26.2. The number of hydrogen-bond donors (Lipinski definition) is 2. The first-order valence-electron chi connectivity index (χ1n) is 13.5. The van der Waals surface area contributed by atoms with Gasteiger partial charge in [0.25, 0.3) is 0 Å². The number of aliphatic hydroxyl groups is 1. The highest BCUT2D eigenvalue weighted by Gasteiger charge is 2.31. The van der Waals surface area contributed by atoms with Crippen LogP contribution in [0.1, 0.15) is 61.3 Å². The monoisotopic (exact) mass is 504 g/mol. The summed E-state index contributed by atoms with van der Waals surface area (Å²) in [4.78, 5) is 18.5. The maximum Gasteiger partial charge on any atom is 0.303 e. The summed E-state index contributed by atoms with van der Waals surface area (Å²) in [5, 5.41) is 21.6. The van der Waals surface area contributed by atoms with Gasteiger partial charge in [-0.05, 0) is 106 Å². The Hall–Kier alpha value is -2.96. The molecule has 2 heterocycles. The second-order valence-electron chi connectivity index (χ2n) is 10.5. The van der Waals surface area contributed by atoms with Crippen LogP contribution >= 0.6 is 0 Å². The van der Waals surface area contributed by atoms with Crippen LogP contribution in [0.5, 0.6) is 5.75 Å². The Bertz CT molecular complexity index is 1160. The molecule has 1 fully saturated rings. The van der Waals surface area contributed by atoms with Crippen molar-refractivity contribution in [3.8, 4) is 5.75 Å². The highest BCUT2D eigenvalue weighted by molar-refractivity contribution is 5.83. The summed E-state index contributed by atoms with van der Waals surface area (Å²) in [7, 11) is 1.63. The average Bonchev–Trinajstić information content (AvgIpc) is 2.90. The van der Waals surface area contributed by atoms with Crippen LogP contribution in [0.3, 0.4) is 0 Å². The van der Waals surface area contributed by atoms with Gasteiger partial charge < -0.3 is 19.8 Å². The number of pyridine rings is 1. The molecule has 0 amide bonds. The molecule has 0 radical (unpaired) electrons. The zero-order valence-electron chi connectivity index (χ0n) is 22.1. The van der Waals surface area contributed by atoms with E-state index < -0.39 is 12.1 Å². The molecule has 1 unspecified atom stereocenters. The number of benzene rings is 2. The van der Waals surface area contributed by atoms with Crippen molar-refractivity contribution in [2.75, 3.05) is 26.7 Å². The van der Waals surface area contributed by atoms with Crippen LogP contribution < -0.4 is 4.74 Å². The van der Waals surface area contributed by atoms with E-state index in [1.165, 1.54) is 11.1 Å². The molecule has 0 saturated carbocycles. The van der Waals surface area contributed by atoms with Gasteiger partial charge in [0.1, 0.15) is 5.75 Å². The highest BCUT2D eigenvalue weighted by atomic mass is 16.5. The summed E-state index contributed by atoms with van der Waals surface area (Å²) >= 11 is 0. The van der Waals surface area contributed by atoms with Crippen LogP contribution in [-0.2, 0) is 11.2 Å². The van der Waals surface area contributed by atoms with Crippen LogP contribution in [-0.4, -0.2) is 52.8 Å². The number of likely N-dealkylation sites (tertiary alicyclic amines) is 1. The van der Waals surface area contributed by atoms with E-state index in [1.807, 2.05) is 24.3 Å². The largest absolute Gasteiger partial charge is 0.497 e. The van der Waals surface area contributed by atoms with Crippen molar-refractivity contribution in [3.05, 3.63) is 71.4 Å². The van der Waals surface area contributed by atoms with Crippen molar-refractivity contribution in [1.82, 2.24) is 9.88 Å². The molecule has 4 rings (SSSR count). The van der Waals surface area contributed by atoms with Gasteiger partial charge in [-0.25, -0.2) is 0 Å². The fourth-order valence-electron chi connectivity index (χ4n) is 5.71. The first-order chi connectivity index (χ1) is 17.9. The molecule has 1 aliphatic heterocycles. The Labute approximate surface area is 220 Å². The number of hydrogen-bond acceptors (Lipinski definition) is 5. The Kier molecular flexibility index (Phi) is 9.53. The first-order valence-corrected chi connectivity index (χ1v) is 13.5. The number of nitrogens with zero attached hydrogens (tertiary/aromatic N) is 2. The molecule has 3 aromatic rings. The van der Waals surface area contributed by atoms with E-state index in [-0.39, 0.29) is 12.3 Å². The Morgan fingerprint density at radius 1 is 1.14 bits per heavy atom. The molecular formula is C31H40N2O4. The van der Waals surface area contributed by atoms with Gasteiger partial charge >= 0.3 is 5.97 Å². The molecule has 1 aromatic heterocycles. The third-order valence-electron chi connectivity index (χ3n) is 7.88. The van der Waals surface area contributed by atoms with E-state index in [0.29, 0.717) is 12.3 Å². The lowest BCUT2D eigenvalue weighted by molar-refractivity contribution is -0.139. The summed E-state index contributed by atoms with van der Waals surface area (Å²) in [6.07, 6.45) is 7.05. The topological polar surface area (TPSA) is 82.9 Å². The summed E-state index contributed by atoms with van der Waals surface area (Å²) in [6, 6.07) is 16.3. The maximum absolute atomic E-state index is 11.6. The third-order valence-corrected chi connectivity index (χ3v) is 7.88. The normalized spacial score (nSPS) is 19.1. The molecule has 198 valence electrons. The second kappa shape index (κ2) is 13.0. The van der Waals surface area contributed by atoms with E-state index in [4.69, 9.17) is 4.74 Å². The second-order valence-corrected chi connectivity index (χ2v) is 10.5. The first kappa shape index (κ1) is 27.1. The van der Waals surface area contributed by atoms with Crippen LogP contribution in [0.15, 0.2) is 54.7 Å². The van der Waals surface area contributed by atoms with Crippen molar-refractivity contribution >= 4 is 16.9 Å². The van der Waals surface area contributed by atoms with Gasteiger partial charge in [-0.1, -0.05) is 29.8 Å². The fraction of sp³-hybridized carbons (Fsp3) is 0.484. The Balaban J connectivity index is 1.30. The maximum atomic E-state index is 11.6. The van der Waals surface area contributed by atoms with Crippen LogP contribution in [0.4, 0.5) is 0 Å². The van der Waals surface area contributed by atoms with E-state index >= 15 is 0 Å². The number of piperidine rings is 1. The molecule has 2 aromatic carbocycles. The van der Waals surface area contributed by atoms with E-state index in [9.17, 15) is 15.0 Å². The standard InChI is InChI=1S/C31H40N2O4/c1-22-6-8-23(9-7-22)5-3-4-17-33-18-15-24(25(21-33)19-31(35)36)10-13-30(34)27-14-16-32-29-12-11-26(37-2)20-28(27)29/h6-9,11-12,14,16,20,24-25,30,34H,3-5,10,13,15,17-19,21H2,1-2H3,(H,35,36)/t24-,25+,30?/m1/s1. The summed E-state index contributed by atoms with van der Waals surface area (Å²) in [5.74, 6) is 0.424. The number of aliphatic hydroxyl groups excluding tert-OH is 1. The lowest BCUT2D eigenvalue weighted by atomic mass is 9.79. The molecule has 3 atom stereocenters. The van der Waals surface area contributed by atoms with Gasteiger partial charge in [-0.3, -0.25) is 9.78 Å². The number of fused-ring (bicyclic) bond motifs is 1. The fourth-order valence-corrected chi connectivity index (χ4v) is 5.71. The van der Waals surface area contributed by atoms with E-state index in [1.54, 1.807) is 13.3 Å². The highest BCUT2D eigenvalue weighted by Crippen LogP contribution is 2.35. The number of carboxylic acid groups (broad SMARTS) is 1. The summed E-state index contributed by atoms with van der Waals surface area (Å²) < 4.78 is 5.37. The predicted molar refractivity (Wildman–Crippen MR) is 147 cm³/mol. The molecule has 0 spiro atoms. The number of methoxy groups -OCH3 is 1. The van der Waals surface area contributed by atoms with Gasteiger partial charge in [0.2, 0.25) is 0 Å². The van der Waals surface area contributed by atoms with Gasteiger partial charge in [-0.15, -0.1) is 0 Å². The summed E-state index contributed by atoms with van der Waals surface area (Å²) in [6.45, 7) is 4.95. The minimum absolute atomic E-state index is 0.116. The van der Waals surface area contributed by atoms with Crippen LogP contribution in [0.25, 0.3) is 10.9 Å². The number of carbonyl (C=O) groups is 1. The lowest BCUT2D eigenvalue weighted by Gasteiger charge is -2.38. The predicted octanol–water partition coefficient (Wildman–Crippen LogP) is 5.80. The molecule has 1 saturated heterocycles. The molecule has 37 heavy (non-hydrogen) atoms. The number of unbranched alkanes of at least 4 members (excludes halogenated alkanes) is 1. The molecule has 2 N–H and O–H groups in total. The van der Waals surface area contributed by atoms with Gasteiger partial charge in [0.15, 0.2) is 0 Å². The third kappa shape index (κ3) is 7.53. The molecule has 6 nitrogen and oxygen atoms in total. The van der Waals surface area contributed by atoms with Crippen molar-refractivity contribution in [3.63, 3.8) is 0 Å². The zero-order valence-corrected chi connectivity index (χ0v) is 22.1. The lowest BCUT2D eigenvalue weighted by Crippen LogP contribution is -2.41. The molecule has 1 aliphatic rings.